The van der Waals surface area contributed by atoms with E-state index in [2.05, 4.69) is 5.10 Å². The largest absolute Gasteiger partial charge is 0.508 e. The van der Waals surface area contributed by atoms with Gasteiger partial charge < -0.3 is 15.3 Å². The molecule has 6 heteroatoms. The van der Waals surface area contributed by atoms with Crippen molar-refractivity contribution in [2.24, 2.45) is 5.10 Å². The van der Waals surface area contributed by atoms with E-state index in [-0.39, 0.29) is 34.3 Å². The Bertz CT molecular complexity index is 818. The van der Waals surface area contributed by atoms with Crippen LogP contribution in [0, 0.1) is 0 Å². The van der Waals surface area contributed by atoms with E-state index in [1.165, 1.54) is 11.1 Å². The monoisotopic (exact) mass is 310 g/mol. The molecule has 116 valence electrons. The molecule has 0 radical (unpaired) electrons. The lowest BCUT2D eigenvalue weighted by atomic mass is 10.1. The number of aromatic hydroxyl groups is 3. The summed E-state index contributed by atoms with van der Waals surface area (Å²) in [5, 5.41) is 34.5. The van der Waals surface area contributed by atoms with Crippen LogP contribution in [0.25, 0.3) is 6.08 Å². The lowest BCUT2D eigenvalue weighted by molar-refractivity contribution is -0.114. The predicted molar refractivity (Wildman–Crippen MR) is 86.5 cm³/mol. The average molecular weight is 310 g/mol. The van der Waals surface area contributed by atoms with Crippen molar-refractivity contribution in [1.82, 2.24) is 0 Å². The molecule has 0 unspecified atom stereocenters. The van der Waals surface area contributed by atoms with E-state index in [9.17, 15) is 20.1 Å². The lowest BCUT2D eigenvalue weighted by Gasteiger charge is -2.11. The average Bonchev–Trinajstić information content (AvgIpc) is 2.79. The molecule has 1 aliphatic rings. The van der Waals surface area contributed by atoms with Gasteiger partial charge in [0.05, 0.1) is 22.5 Å². The highest BCUT2D eigenvalue weighted by Crippen LogP contribution is 2.35. The van der Waals surface area contributed by atoms with E-state index < -0.39 is 0 Å². The first kappa shape index (κ1) is 14.6. The first-order chi connectivity index (χ1) is 11.0. The molecule has 0 bridgehead atoms. The molecule has 2 aromatic carbocycles. The Morgan fingerprint density at radius 1 is 1.04 bits per heavy atom. The number of anilines is 1. The molecule has 0 spiro atoms. The molecule has 23 heavy (non-hydrogen) atoms. The first-order valence-electron chi connectivity index (χ1n) is 6.89. The van der Waals surface area contributed by atoms with Gasteiger partial charge in [0.2, 0.25) is 0 Å². The van der Waals surface area contributed by atoms with Crippen molar-refractivity contribution in [3.8, 4) is 17.2 Å². The minimum absolute atomic E-state index is 0.0515. The van der Waals surface area contributed by atoms with Gasteiger partial charge in [0, 0.05) is 12.1 Å². The molecule has 1 heterocycles. The van der Waals surface area contributed by atoms with Gasteiger partial charge in [-0.25, -0.2) is 0 Å². The summed E-state index contributed by atoms with van der Waals surface area (Å²) < 4.78 is 0. The van der Waals surface area contributed by atoms with E-state index >= 15 is 0 Å². The molecule has 6 nitrogen and oxygen atoms in total. The Kier molecular flexibility index (Phi) is 3.50. The van der Waals surface area contributed by atoms with E-state index in [0.29, 0.717) is 11.4 Å². The van der Waals surface area contributed by atoms with Crippen molar-refractivity contribution >= 4 is 23.4 Å². The number of hydrogen-bond acceptors (Lipinski definition) is 5. The molecule has 3 N–H and O–H groups in total. The number of carbonyl (C=O) groups excluding carboxylic acids is 1. The van der Waals surface area contributed by atoms with E-state index in [1.54, 1.807) is 31.2 Å². The van der Waals surface area contributed by atoms with Gasteiger partial charge in [-0.2, -0.15) is 10.1 Å². The normalized spacial score (nSPS) is 16.0. The van der Waals surface area contributed by atoms with Crippen LogP contribution in [-0.4, -0.2) is 26.9 Å². The molecular weight excluding hydrogens is 296 g/mol. The summed E-state index contributed by atoms with van der Waals surface area (Å²) in [5.41, 5.74) is 1.39. The van der Waals surface area contributed by atoms with Gasteiger partial charge in [-0.1, -0.05) is 18.2 Å². The number of hydrogen-bond donors (Lipinski definition) is 3. The number of phenols is 3. The zero-order chi connectivity index (χ0) is 16.6. The molecule has 0 saturated carbocycles. The van der Waals surface area contributed by atoms with Gasteiger partial charge in [0.1, 0.15) is 17.2 Å². The molecule has 0 atom stereocenters. The molecule has 1 aliphatic heterocycles. The Balaban J connectivity index is 2.02. The van der Waals surface area contributed by atoms with Crippen LogP contribution in [0.15, 0.2) is 53.1 Å². The summed E-state index contributed by atoms with van der Waals surface area (Å²) in [4.78, 5) is 12.5. The molecule has 0 aliphatic carbocycles. The number of para-hydroxylation sites is 1. The third-order valence-electron chi connectivity index (χ3n) is 3.47. The number of phenolic OH excluding ortho intramolecular Hbond substituents is 3. The predicted octanol–water partition coefficient (Wildman–Crippen LogP) is 2.61. The maximum Gasteiger partial charge on any atom is 0.280 e. The second-order valence-electron chi connectivity index (χ2n) is 5.09. The minimum atomic E-state index is -0.361. The van der Waals surface area contributed by atoms with Gasteiger partial charge in [0.15, 0.2) is 0 Å². The second-order valence-corrected chi connectivity index (χ2v) is 5.09. The number of rotatable bonds is 2. The van der Waals surface area contributed by atoms with Crippen LogP contribution in [0.4, 0.5) is 5.69 Å². The second kappa shape index (κ2) is 5.49. The Morgan fingerprint density at radius 3 is 2.26 bits per heavy atom. The van der Waals surface area contributed by atoms with Gasteiger partial charge in [-0.05, 0) is 25.1 Å². The number of nitrogens with zero attached hydrogens (tertiary/aromatic N) is 2. The summed E-state index contributed by atoms with van der Waals surface area (Å²) in [7, 11) is 0. The summed E-state index contributed by atoms with van der Waals surface area (Å²) >= 11 is 0. The van der Waals surface area contributed by atoms with Gasteiger partial charge >= 0.3 is 0 Å². The summed E-state index contributed by atoms with van der Waals surface area (Å²) in [6, 6.07) is 11.1. The highest BCUT2D eigenvalue weighted by atomic mass is 16.3. The van der Waals surface area contributed by atoms with Crippen molar-refractivity contribution < 1.29 is 20.1 Å². The molecule has 1 amide bonds. The molecule has 3 rings (SSSR count). The van der Waals surface area contributed by atoms with Crippen LogP contribution in [0.1, 0.15) is 12.5 Å². The van der Waals surface area contributed by atoms with Gasteiger partial charge in [-0.3, -0.25) is 4.79 Å². The number of hydrazone groups is 1. The summed E-state index contributed by atoms with van der Waals surface area (Å²) in [6.07, 6.45) is 1.36. The van der Waals surface area contributed by atoms with Crippen LogP contribution in [0.3, 0.4) is 0 Å². The first-order valence-corrected chi connectivity index (χ1v) is 6.89. The summed E-state index contributed by atoms with van der Waals surface area (Å²) in [5.74, 6) is -1.28. The fraction of sp³-hybridized carbons (Fsp3) is 0.0588. The molecule has 0 saturated heterocycles. The Labute approximate surface area is 132 Å². The van der Waals surface area contributed by atoms with Crippen LogP contribution >= 0.6 is 0 Å². The van der Waals surface area contributed by atoms with Crippen molar-refractivity contribution in [3.05, 3.63) is 53.6 Å². The smallest absolute Gasteiger partial charge is 0.280 e. The zero-order valence-corrected chi connectivity index (χ0v) is 12.3. The number of carbonyl (C=O) groups is 1. The van der Waals surface area contributed by atoms with Crippen LogP contribution in [0.5, 0.6) is 17.2 Å². The third kappa shape index (κ3) is 2.62. The Morgan fingerprint density at radius 2 is 1.65 bits per heavy atom. The zero-order valence-electron chi connectivity index (χ0n) is 12.3. The standard InChI is InChI=1S/C17H14N2O4/c1-10-13(9-14-15(21)7-12(20)8-16(14)22)17(23)19(18-10)11-5-3-2-4-6-11/h2-9,20-22H,1H3. The minimum Gasteiger partial charge on any atom is -0.508 e. The lowest BCUT2D eigenvalue weighted by Crippen LogP contribution is -2.21. The van der Waals surface area contributed by atoms with Gasteiger partial charge in [-0.15, -0.1) is 0 Å². The van der Waals surface area contributed by atoms with E-state index in [4.69, 9.17) is 0 Å². The van der Waals surface area contributed by atoms with Crippen molar-refractivity contribution in [2.75, 3.05) is 5.01 Å². The number of amides is 1. The van der Waals surface area contributed by atoms with Crippen LogP contribution in [-0.2, 0) is 4.79 Å². The SMILES string of the molecule is CC1=NN(c2ccccc2)C(=O)C1=Cc1c(O)cc(O)cc1O. The third-order valence-corrected chi connectivity index (χ3v) is 3.47. The van der Waals surface area contributed by atoms with E-state index in [1.807, 2.05) is 6.07 Å². The maximum absolute atomic E-state index is 12.5. The Hall–Kier alpha value is -3.28. The van der Waals surface area contributed by atoms with Gasteiger partial charge in [0.25, 0.3) is 5.91 Å². The fourth-order valence-corrected chi connectivity index (χ4v) is 2.33. The van der Waals surface area contributed by atoms with Crippen molar-refractivity contribution in [1.29, 1.82) is 0 Å². The van der Waals surface area contributed by atoms with Crippen LogP contribution in [0.2, 0.25) is 0 Å². The highest BCUT2D eigenvalue weighted by molar-refractivity contribution is 6.32. The highest BCUT2D eigenvalue weighted by Gasteiger charge is 2.29. The number of benzene rings is 2. The molecular formula is C17H14N2O4. The van der Waals surface area contributed by atoms with Crippen LogP contribution < -0.4 is 5.01 Å². The maximum atomic E-state index is 12.5. The molecule has 0 aromatic heterocycles. The fourth-order valence-electron chi connectivity index (χ4n) is 2.33. The molecule has 2 aromatic rings. The summed E-state index contributed by atoms with van der Waals surface area (Å²) in [6.45, 7) is 1.67. The van der Waals surface area contributed by atoms with Crippen molar-refractivity contribution in [2.45, 2.75) is 6.92 Å². The van der Waals surface area contributed by atoms with E-state index in [0.717, 1.165) is 12.1 Å². The topological polar surface area (TPSA) is 93.4 Å². The molecule has 0 fully saturated rings. The van der Waals surface area contributed by atoms with Crippen molar-refractivity contribution in [3.63, 3.8) is 0 Å². The quantitative estimate of drug-likeness (QED) is 0.743.